The maximum atomic E-state index is 8.74. The molecule has 0 aliphatic heterocycles. The third-order valence-electron chi connectivity index (χ3n) is 2.63. The second-order valence-electron chi connectivity index (χ2n) is 4.24. The van der Waals surface area contributed by atoms with Crippen molar-refractivity contribution in [3.8, 4) is 0 Å². The Kier molecular flexibility index (Phi) is 6.37. The van der Waals surface area contributed by atoms with E-state index < -0.39 is 10.4 Å². The Morgan fingerprint density at radius 3 is 2.25 bits per heavy atom. The molecule has 0 saturated heterocycles. The third-order valence-corrected chi connectivity index (χ3v) is 2.63. The molecule has 1 aromatic heterocycles. The first-order valence-electron chi connectivity index (χ1n) is 6.06. The molecule has 0 spiro atoms. The summed E-state index contributed by atoms with van der Waals surface area (Å²) >= 11 is 0. The summed E-state index contributed by atoms with van der Waals surface area (Å²) in [5.41, 5.74) is 1.41. The van der Waals surface area contributed by atoms with Gasteiger partial charge < -0.3 is 4.57 Å². The second-order valence-corrected chi connectivity index (χ2v) is 5.14. The van der Waals surface area contributed by atoms with Crippen molar-refractivity contribution in [1.29, 1.82) is 0 Å². The monoisotopic (exact) mass is 298 g/mol. The van der Waals surface area contributed by atoms with Crippen LogP contribution in [0.2, 0.25) is 0 Å². The van der Waals surface area contributed by atoms with Crippen LogP contribution in [0.5, 0.6) is 0 Å². The lowest BCUT2D eigenvalue weighted by atomic mass is 10.1. The van der Waals surface area contributed by atoms with Crippen LogP contribution in [0.1, 0.15) is 17.8 Å². The molecule has 0 saturated carbocycles. The standard InChI is InChI=1S/C13H16N2.H2O4S/c1-15-11-10-14-13(15)9-5-8-12-6-3-2-4-7-12;1-5(2,3)4/h2-4,6-7,10-11H,5,8-9H2,1H3;(H2,1,2,3,4). The topological polar surface area (TPSA) is 92.4 Å². The van der Waals surface area contributed by atoms with Crippen molar-refractivity contribution in [1.82, 2.24) is 9.55 Å². The Balaban J connectivity index is 0.000000347. The summed E-state index contributed by atoms with van der Waals surface area (Å²) < 4.78 is 33.7. The molecule has 0 aliphatic rings. The number of aromatic nitrogens is 2. The highest BCUT2D eigenvalue weighted by Gasteiger charge is 1.98. The fraction of sp³-hybridized carbons (Fsp3) is 0.308. The zero-order valence-electron chi connectivity index (χ0n) is 11.2. The zero-order valence-corrected chi connectivity index (χ0v) is 12.0. The SMILES string of the molecule is Cn1ccnc1CCCc1ccccc1.O=S(=O)(O)O. The maximum absolute atomic E-state index is 8.74. The largest absolute Gasteiger partial charge is 0.394 e. The van der Waals surface area contributed by atoms with E-state index in [4.69, 9.17) is 17.5 Å². The fourth-order valence-electron chi connectivity index (χ4n) is 1.73. The molecule has 6 nitrogen and oxygen atoms in total. The van der Waals surface area contributed by atoms with Gasteiger partial charge in [0.2, 0.25) is 0 Å². The molecule has 0 atom stereocenters. The average molecular weight is 298 g/mol. The summed E-state index contributed by atoms with van der Waals surface area (Å²) in [5, 5.41) is 0. The molecule has 0 radical (unpaired) electrons. The first-order chi connectivity index (χ1) is 9.36. The van der Waals surface area contributed by atoms with Crippen molar-refractivity contribution < 1.29 is 17.5 Å². The van der Waals surface area contributed by atoms with Crippen LogP contribution >= 0.6 is 0 Å². The molecular formula is C13H18N2O4S. The van der Waals surface area contributed by atoms with E-state index in [1.807, 2.05) is 19.4 Å². The highest BCUT2D eigenvalue weighted by molar-refractivity contribution is 7.79. The minimum Gasteiger partial charge on any atom is -0.338 e. The molecule has 1 heterocycles. The molecule has 2 aromatic rings. The molecule has 0 unspecified atom stereocenters. The van der Waals surface area contributed by atoms with Crippen LogP contribution in [-0.2, 0) is 30.3 Å². The minimum absolute atomic E-state index is 1.05. The molecule has 0 amide bonds. The van der Waals surface area contributed by atoms with Crippen molar-refractivity contribution in [2.24, 2.45) is 7.05 Å². The van der Waals surface area contributed by atoms with Gasteiger partial charge in [-0.2, -0.15) is 8.42 Å². The summed E-state index contributed by atoms with van der Waals surface area (Å²) in [6.45, 7) is 0. The number of hydrogen-bond donors (Lipinski definition) is 2. The van der Waals surface area contributed by atoms with E-state index in [1.54, 1.807) is 0 Å². The Morgan fingerprint density at radius 1 is 1.15 bits per heavy atom. The lowest BCUT2D eigenvalue weighted by Crippen LogP contribution is -1.98. The summed E-state index contributed by atoms with van der Waals surface area (Å²) in [5.74, 6) is 1.17. The maximum Gasteiger partial charge on any atom is 0.394 e. The van der Waals surface area contributed by atoms with Crippen LogP contribution in [0.3, 0.4) is 0 Å². The van der Waals surface area contributed by atoms with Crippen molar-refractivity contribution >= 4 is 10.4 Å². The van der Waals surface area contributed by atoms with E-state index in [9.17, 15) is 0 Å². The van der Waals surface area contributed by atoms with Crippen LogP contribution in [0.25, 0.3) is 0 Å². The molecule has 2 N–H and O–H groups in total. The number of nitrogens with zero attached hydrogens (tertiary/aromatic N) is 2. The molecule has 0 aliphatic carbocycles. The normalized spacial score (nSPS) is 10.8. The number of aryl methyl sites for hydroxylation is 3. The van der Waals surface area contributed by atoms with Gasteiger partial charge in [0.15, 0.2) is 0 Å². The summed E-state index contributed by atoms with van der Waals surface area (Å²) in [7, 11) is -2.62. The molecule has 0 bridgehead atoms. The van der Waals surface area contributed by atoms with Crippen LogP contribution < -0.4 is 0 Å². The quantitative estimate of drug-likeness (QED) is 0.842. The molecule has 110 valence electrons. The van der Waals surface area contributed by atoms with E-state index in [0.29, 0.717) is 0 Å². The van der Waals surface area contributed by atoms with Crippen LogP contribution in [-0.4, -0.2) is 27.1 Å². The predicted octanol–water partition coefficient (Wildman–Crippen LogP) is 1.94. The van der Waals surface area contributed by atoms with Crippen LogP contribution in [0.4, 0.5) is 0 Å². The first kappa shape index (κ1) is 16.4. The van der Waals surface area contributed by atoms with Crippen LogP contribution in [0.15, 0.2) is 42.7 Å². The van der Waals surface area contributed by atoms with Crippen LogP contribution in [0, 0.1) is 0 Å². The third kappa shape index (κ3) is 7.67. The summed E-state index contributed by atoms with van der Waals surface area (Å²) in [6.07, 6.45) is 7.21. The van der Waals surface area contributed by atoms with Gasteiger partial charge in [-0.3, -0.25) is 9.11 Å². The Hall–Kier alpha value is -1.70. The zero-order chi connectivity index (χ0) is 15.0. The van der Waals surface area contributed by atoms with Gasteiger partial charge >= 0.3 is 10.4 Å². The Bertz CT molecular complexity index is 600. The predicted molar refractivity (Wildman–Crippen MR) is 75.9 cm³/mol. The molecule has 2 rings (SSSR count). The second kappa shape index (κ2) is 7.78. The molecule has 0 fully saturated rings. The summed E-state index contributed by atoms with van der Waals surface area (Å²) in [4.78, 5) is 4.31. The van der Waals surface area contributed by atoms with E-state index in [-0.39, 0.29) is 0 Å². The fourth-order valence-corrected chi connectivity index (χ4v) is 1.73. The van der Waals surface area contributed by atoms with E-state index in [1.165, 1.54) is 11.4 Å². The molecule has 20 heavy (non-hydrogen) atoms. The van der Waals surface area contributed by atoms with Gasteiger partial charge in [-0.05, 0) is 18.4 Å². The van der Waals surface area contributed by atoms with Gasteiger partial charge in [-0.1, -0.05) is 30.3 Å². The number of hydrogen-bond acceptors (Lipinski definition) is 3. The van der Waals surface area contributed by atoms with Gasteiger partial charge in [0.25, 0.3) is 0 Å². The van der Waals surface area contributed by atoms with Gasteiger partial charge in [0, 0.05) is 25.9 Å². The van der Waals surface area contributed by atoms with E-state index in [0.717, 1.165) is 19.3 Å². The summed E-state index contributed by atoms with van der Waals surface area (Å²) in [6, 6.07) is 10.6. The highest BCUT2D eigenvalue weighted by Crippen LogP contribution is 2.06. The van der Waals surface area contributed by atoms with Gasteiger partial charge in [0.05, 0.1) is 0 Å². The lowest BCUT2D eigenvalue weighted by Gasteiger charge is -2.02. The number of imidazole rings is 1. The minimum atomic E-state index is -4.67. The van der Waals surface area contributed by atoms with E-state index >= 15 is 0 Å². The lowest BCUT2D eigenvalue weighted by molar-refractivity contribution is 0.381. The van der Waals surface area contributed by atoms with Crippen molar-refractivity contribution in [2.75, 3.05) is 0 Å². The Labute approximate surface area is 118 Å². The molecule has 7 heteroatoms. The van der Waals surface area contributed by atoms with Gasteiger partial charge in [-0.15, -0.1) is 0 Å². The van der Waals surface area contributed by atoms with Gasteiger partial charge in [0.1, 0.15) is 5.82 Å². The molecular weight excluding hydrogens is 280 g/mol. The number of rotatable bonds is 4. The van der Waals surface area contributed by atoms with Crippen molar-refractivity contribution in [3.63, 3.8) is 0 Å². The Morgan fingerprint density at radius 2 is 1.75 bits per heavy atom. The van der Waals surface area contributed by atoms with E-state index in [2.05, 4.69) is 39.9 Å². The smallest absolute Gasteiger partial charge is 0.338 e. The number of benzene rings is 1. The van der Waals surface area contributed by atoms with Crippen molar-refractivity contribution in [2.45, 2.75) is 19.3 Å². The van der Waals surface area contributed by atoms with Crippen molar-refractivity contribution in [3.05, 3.63) is 54.1 Å². The average Bonchev–Trinajstić information content (AvgIpc) is 2.75. The highest BCUT2D eigenvalue weighted by atomic mass is 32.3. The molecule has 1 aromatic carbocycles. The first-order valence-corrected chi connectivity index (χ1v) is 7.46. The van der Waals surface area contributed by atoms with Gasteiger partial charge in [-0.25, -0.2) is 4.98 Å².